The van der Waals surface area contributed by atoms with Crippen molar-refractivity contribution in [2.24, 2.45) is 0 Å². The lowest BCUT2D eigenvalue weighted by Gasteiger charge is -2.11. The first-order chi connectivity index (χ1) is 14.2. The summed E-state index contributed by atoms with van der Waals surface area (Å²) >= 11 is 3.29. The summed E-state index contributed by atoms with van der Waals surface area (Å²) in [5.74, 6) is 1.57. The van der Waals surface area contributed by atoms with Gasteiger partial charge in [-0.3, -0.25) is 4.79 Å². The smallest absolute Gasteiger partial charge is 0.252 e. The average Bonchev–Trinajstić information content (AvgIpc) is 3.38. The number of hydrogen-bond donors (Lipinski definition) is 1. The minimum Gasteiger partial charge on any atom is -0.492 e. The zero-order valence-corrected chi connectivity index (χ0v) is 18.1. The Morgan fingerprint density at radius 1 is 1.21 bits per heavy atom. The van der Waals surface area contributed by atoms with Crippen LogP contribution in [-0.4, -0.2) is 24.0 Å². The maximum atomic E-state index is 12.7. The Bertz CT molecular complexity index is 1000. The molecule has 0 saturated carbocycles. The molecule has 1 N–H and O–H groups in total. The number of carbonyl (C=O) groups excluding carboxylic acids is 1. The monoisotopic (exact) mass is 424 g/mol. The molecule has 1 heterocycles. The van der Waals surface area contributed by atoms with Gasteiger partial charge < -0.3 is 10.1 Å². The molecule has 0 spiro atoms. The quantitative estimate of drug-likeness (QED) is 0.406. The van der Waals surface area contributed by atoms with Gasteiger partial charge in [0.15, 0.2) is 0 Å². The van der Waals surface area contributed by atoms with Crippen LogP contribution in [0.15, 0.2) is 52.7 Å². The van der Waals surface area contributed by atoms with Crippen LogP contribution < -0.4 is 10.1 Å². The first-order valence-electron chi connectivity index (χ1n) is 9.85. The molecule has 6 heteroatoms. The molecular formula is C23H24N2O2S2. The van der Waals surface area contributed by atoms with E-state index in [0.717, 1.165) is 33.5 Å². The molecule has 0 unspecified atom stereocenters. The van der Waals surface area contributed by atoms with Crippen LogP contribution in [0.4, 0.5) is 0 Å². The fourth-order valence-electron chi connectivity index (χ4n) is 3.47. The average molecular weight is 425 g/mol. The number of thiazole rings is 1. The number of benzene rings is 2. The summed E-state index contributed by atoms with van der Waals surface area (Å²) in [6.07, 6.45) is 3.54. The van der Waals surface area contributed by atoms with Crippen molar-refractivity contribution < 1.29 is 9.53 Å². The van der Waals surface area contributed by atoms with E-state index in [0.29, 0.717) is 18.7 Å². The molecule has 1 aromatic heterocycles. The third-order valence-corrected chi connectivity index (χ3v) is 6.83. The zero-order valence-electron chi connectivity index (χ0n) is 16.4. The van der Waals surface area contributed by atoms with Crippen LogP contribution >= 0.6 is 23.1 Å². The number of aryl methyl sites for hydroxylation is 3. The van der Waals surface area contributed by atoms with Crippen molar-refractivity contribution in [3.63, 3.8) is 0 Å². The first-order valence-corrected chi connectivity index (χ1v) is 11.7. The van der Waals surface area contributed by atoms with Crippen molar-refractivity contribution >= 4 is 29.0 Å². The summed E-state index contributed by atoms with van der Waals surface area (Å²) in [7, 11) is 0. The Hall–Kier alpha value is -2.31. The summed E-state index contributed by atoms with van der Waals surface area (Å²) in [6, 6.07) is 14.0. The summed E-state index contributed by atoms with van der Waals surface area (Å²) in [6.45, 7) is 2.93. The Kier molecular flexibility index (Phi) is 6.52. The molecule has 0 radical (unpaired) electrons. The van der Waals surface area contributed by atoms with Gasteiger partial charge >= 0.3 is 0 Å². The van der Waals surface area contributed by atoms with E-state index in [-0.39, 0.29) is 5.91 Å². The first kappa shape index (κ1) is 20.0. The number of fused-ring (bicyclic) bond motifs is 1. The molecule has 0 aliphatic heterocycles. The van der Waals surface area contributed by atoms with Gasteiger partial charge in [0, 0.05) is 16.0 Å². The molecule has 2 aromatic carbocycles. The van der Waals surface area contributed by atoms with Crippen molar-refractivity contribution in [1.29, 1.82) is 0 Å². The normalized spacial score (nSPS) is 12.6. The number of hydrogen-bond acceptors (Lipinski definition) is 5. The van der Waals surface area contributed by atoms with Gasteiger partial charge in [-0.25, -0.2) is 4.98 Å². The van der Waals surface area contributed by atoms with E-state index in [1.54, 1.807) is 23.1 Å². The minimum atomic E-state index is -0.0693. The molecule has 4 nitrogen and oxygen atoms in total. The van der Waals surface area contributed by atoms with E-state index in [1.165, 1.54) is 24.0 Å². The lowest BCUT2D eigenvalue weighted by molar-refractivity contribution is 0.0944. The van der Waals surface area contributed by atoms with E-state index in [1.807, 2.05) is 37.3 Å². The van der Waals surface area contributed by atoms with Crippen molar-refractivity contribution in [2.75, 3.05) is 13.2 Å². The Morgan fingerprint density at radius 2 is 2.07 bits per heavy atom. The predicted molar refractivity (Wildman–Crippen MR) is 119 cm³/mol. The Balaban J connectivity index is 1.28. The van der Waals surface area contributed by atoms with Crippen molar-refractivity contribution in [3.8, 4) is 5.75 Å². The molecular weight excluding hydrogens is 400 g/mol. The number of ether oxygens (including phenoxy) is 1. The summed E-state index contributed by atoms with van der Waals surface area (Å²) < 4.78 is 5.83. The van der Waals surface area contributed by atoms with Crippen LogP contribution in [0.1, 0.15) is 38.6 Å². The molecule has 0 atom stereocenters. The molecule has 0 fully saturated rings. The number of nitrogens with one attached hydrogen (secondary N) is 1. The van der Waals surface area contributed by atoms with Crippen molar-refractivity contribution in [3.05, 3.63) is 75.2 Å². The van der Waals surface area contributed by atoms with Crippen LogP contribution in [-0.2, 0) is 18.6 Å². The second-order valence-electron chi connectivity index (χ2n) is 7.03. The van der Waals surface area contributed by atoms with E-state index in [4.69, 9.17) is 4.74 Å². The Morgan fingerprint density at radius 3 is 2.93 bits per heavy atom. The van der Waals surface area contributed by atoms with E-state index < -0.39 is 0 Å². The van der Waals surface area contributed by atoms with E-state index in [2.05, 4.69) is 27.8 Å². The topological polar surface area (TPSA) is 51.2 Å². The third-order valence-electron chi connectivity index (χ3n) is 4.90. The molecule has 3 aromatic rings. The van der Waals surface area contributed by atoms with Gasteiger partial charge in [0.05, 0.1) is 22.8 Å². The number of rotatable bonds is 8. The second-order valence-corrected chi connectivity index (χ2v) is 9.11. The molecule has 4 rings (SSSR count). The van der Waals surface area contributed by atoms with Gasteiger partial charge in [-0.1, -0.05) is 18.2 Å². The number of nitrogens with zero attached hydrogens (tertiary/aromatic N) is 1. The van der Waals surface area contributed by atoms with Gasteiger partial charge in [0.2, 0.25) is 0 Å². The van der Waals surface area contributed by atoms with Gasteiger partial charge in [-0.05, 0) is 61.6 Å². The predicted octanol–water partition coefficient (Wildman–Crippen LogP) is 5.04. The summed E-state index contributed by atoms with van der Waals surface area (Å²) in [5.41, 5.74) is 4.58. The lowest BCUT2D eigenvalue weighted by atomic mass is 10.1. The number of aromatic nitrogens is 1. The van der Waals surface area contributed by atoms with E-state index in [9.17, 15) is 4.79 Å². The van der Waals surface area contributed by atoms with Crippen LogP contribution in [0.25, 0.3) is 0 Å². The molecule has 0 saturated heterocycles. The molecule has 1 amide bonds. The van der Waals surface area contributed by atoms with Crippen molar-refractivity contribution in [2.45, 2.75) is 36.8 Å². The van der Waals surface area contributed by atoms with Gasteiger partial charge in [-0.15, -0.1) is 23.1 Å². The zero-order chi connectivity index (χ0) is 20.1. The summed E-state index contributed by atoms with van der Waals surface area (Å²) in [4.78, 5) is 18.1. The number of thioether (sulfide) groups is 1. The lowest BCUT2D eigenvalue weighted by Crippen LogP contribution is -2.28. The van der Waals surface area contributed by atoms with Crippen LogP contribution in [0.2, 0.25) is 0 Å². The standard InChI is InChI=1S/C23H24N2O2S2/c1-16-25-19(14-28-16)15-29-22-8-3-2-7-21(22)23(26)24-11-12-27-20-10-9-17-5-4-6-18(17)13-20/h2-3,7-10,13-14H,4-6,11-12,15H2,1H3,(H,24,26). The minimum absolute atomic E-state index is 0.0693. The fourth-order valence-corrected chi connectivity index (χ4v) is 5.13. The molecule has 150 valence electrons. The Labute approximate surface area is 179 Å². The van der Waals surface area contributed by atoms with Crippen LogP contribution in [0.5, 0.6) is 5.75 Å². The van der Waals surface area contributed by atoms with Crippen LogP contribution in [0, 0.1) is 6.92 Å². The summed E-state index contributed by atoms with van der Waals surface area (Å²) in [5, 5.41) is 6.11. The SMILES string of the molecule is Cc1nc(CSc2ccccc2C(=O)NCCOc2ccc3c(c2)CCC3)cs1. The van der Waals surface area contributed by atoms with Crippen LogP contribution in [0.3, 0.4) is 0 Å². The van der Waals surface area contributed by atoms with E-state index >= 15 is 0 Å². The highest BCUT2D eigenvalue weighted by molar-refractivity contribution is 7.98. The maximum absolute atomic E-state index is 12.7. The third kappa shape index (κ3) is 5.19. The van der Waals surface area contributed by atoms with Gasteiger partial charge in [0.25, 0.3) is 5.91 Å². The highest BCUT2D eigenvalue weighted by Crippen LogP contribution is 2.27. The highest BCUT2D eigenvalue weighted by Gasteiger charge is 2.13. The number of carbonyl (C=O) groups is 1. The molecule has 1 aliphatic carbocycles. The fraction of sp³-hybridized carbons (Fsp3) is 0.304. The van der Waals surface area contributed by atoms with Crippen molar-refractivity contribution in [1.82, 2.24) is 10.3 Å². The molecule has 1 aliphatic rings. The maximum Gasteiger partial charge on any atom is 0.252 e. The highest BCUT2D eigenvalue weighted by atomic mass is 32.2. The second kappa shape index (κ2) is 9.46. The molecule has 0 bridgehead atoms. The largest absolute Gasteiger partial charge is 0.492 e. The number of amides is 1. The molecule has 29 heavy (non-hydrogen) atoms. The van der Waals surface area contributed by atoms with Gasteiger partial charge in [-0.2, -0.15) is 0 Å². The van der Waals surface area contributed by atoms with Gasteiger partial charge in [0.1, 0.15) is 12.4 Å².